The zero-order chi connectivity index (χ0) is 25.2. The number of anilines is 2. The van der Waals surface area contributed by atoms with Crippen molar-refractivity contribution in [2.45, 2.75) is 6.10 Å². The molecule has 2 aromatic heterocycles. The number of nitrogens with one attached hydrogen (secondary N) is 1. The number of hydrogen-bond donors (Lipinski definition) is 2. The predicted molar refractivity (Wildman–Crippen MR) is 125 cm³/mol. The Balaban J connectivity index is 1.13. The number of halogens is 1. The van der Waals surface area contributed by atoms with E-state index in [0.717, 1.165) is 0 Å². The van der Waals surface area contributed by atoms with E-state index in [-0.39, 0.29) is 31.3 Å². The number of aliphatic hydroxyl groups excluding tert-OH is 1. The Morgan fingerprint density at radius 2 is 2.03 bits per heavy atom. The molecule has 0 unspecified atom stereocenters. The van der Waals surface area contributed by atoms with Crippen molar-refractivity contribution in [3.05, 3.63) is 54.5 Å². The monoisotopic (exact) mass is 497 g/mol. The van der Waals surface area contributed by atoms with Gasteiger partial charge >= 0.3 is 6.09 Å². The fourth-order valence-electron chi connectivity index (χ4n) is 4.25. The normalized spacial score (nSPS) is 18.0. The average Bonchev–Trinajstić information content (AvgIpc) is 3.50. The van der Waals surface area contributed by atoms with Crippen LogP contribution in [0.15, 0.2) is 43.0 Å². The standard InChI is InChI=1S/C23H24FN7O5/c24-17-9-15(31-12-16(14-32)36-23(31)35)1-2-19(17)28-5-7-29(8-6-28)21(33)11-26-22(34)18-13-30-4-3-25-10-20(30)27-18/h1-4,9-10,13,16,32H,5-8,11-12,14H2,(H,26,34)/t16-/m1/s1. The van der Waals surface area contributed by atoms with E-state index < -0.39 is 23.9 Å². The summed E-state index contributed by atoms with van der Waals surface area (Å²) in [7, 11) is 0. The lowest BCUT2D eigenvalue weighted by Crippen LogP contribution is -2.51. The number of fused-ring (bicyclic) bond motifs is 1. The van der Waals surface area contributed by atoms with Crippen molar-refractivity contribution in [2.75, 3.05) is 55.7 Å². The lowest BCUT2D eigenvalue weighted by atomic mass is 10.2. The second-order valence-corrected chi connectivity index (χ2v) is 8.45. The van der Waals surface area contributed by atoms with Crippen LogP contribution in [0.4, 0.5) is 20.6 Å². The molecule has 188 valence electrons. The number of benzene rings is 1. The minimum absolute atomic E-state index is 0.153. The zero-order valence-electron chi connectivity index (χ0n) is 19.2. The summed E-state index contributed by atoms with van der Waals surface area (Å²) in [5.74, 6) is -1.20. The quantitative estimate of drug-likeness (QED) is 0.496. The van der Waals surface area contributed by atoms with Gasteiger partial charge in [-0.1, -0.05) is 0 Å². The molecule has 0 bridgehead atoms. The molecular weight excluding hydrogens is 473 g/mol. The SMILES string of the molecule is O=C(NCC(=O)N1CCN(c2ccc(N3C[C@H](CO)OC3=O)cc2F)CC1)c1cn2ccncc2n1. The second-order valence-electron chi connectivity index (χ2n) is 8.45. The summed E-state index contributed by atoms with van der Waals surface area (Å²) in [5.41, 5.74) is 1.43. The van der Waals surface area contributed by atoms with Gasteiger partial charge in [0.1, 0.15) is 17.6 Å². The first kappa shape index (κ1) is 23.5. The van der Waals surface area contributed by atoms with Crippen LogP contribution in [0.1, 0.15) is 10.5 Å². The first-order valence-electron chi connectivity index (χ1n) is 11.4. The molecule has 5 rings (SSSR count). The molecule has 2 fully saturated rings. The summed E-state index contributed by atoms with van der Waals surface area (Å²) >= 11 is 0. The highest BCUT2D eigenvalue weighted by Gasteiger charge is 2.32. The van der Waals surface area contributed by atoms with Crippen LogP contribution < -0.4 is 15.1 Å². The summed E-state index contributed by atoms with van der Waals surface area (Å²) < 4.78 is 21.6. The molecule has 1 aromatic carbocycles. The fourth-order valence-corrected chi connectivity index (χ4v) is 4.25. The number of amides is 3. The van der Waals surface area contributed by atoms with Gasteiger partial charge in [0.15, 0.2) is 5.65 Å². The lowest BCUT2D eigenvalue weighted by molar-refractivity contribution is -0.130. The van der Waals surface area contributed by atoms with Crippen LogP contribution in [-0.2, 0) is 9.53 Å². The third-order valence-electron chi connectivity index (χ3n) is 6.19. The highest BCUT2D eigenvalue weighted by Crippen LogP contribution is 2.28. The van der Waals surface area contributed by atoms with E-state index in [4.69, 9.17) is 4.74 Å². The van der Waals surface area contributed by atoms with Gasteiger partial charge in [0.2, 0.25) is 5.91 Å². The smallest absolute Gasteiger partial charge is 0.414 e. The zero-order valence-corrected chi connectivity index (χ0v) is 19.2. The largest absolute Gasteiger partial charge is 0.441 e. The molecule has 0 aliphatic carbocycles. The molecule has 1 atom stereocenters. The summed E-state index contributed by atoms with van der Waals surface area (Å²) in [6.45, 7) is 1.24. The van der Waals surface area contributed by atoms with Gasteiger partial charge in [-0.05, 0) is 18.2 Å². The molecule has 2 aliphatic rings. The summed E-state index contributed by atoms with van der Waals surface area (Å²) in [6.07, 6.45) is 5.09. The van der Waals surface area contributed by atoms with Gasteiger partial charge in [0, 0.05) is 44.8 Å². The number of aromatic nitrogens is 3. The fraction of sp³-hybridized carbons (Fsp3) is 0.348. The van der Waals surface area contributed by atoms with Crippen LogP contribution in [0.3, 0.4) is 0 Å². The van der Waals surface area contributed by atoms with Gasteiger partial charge in [0.25, 0.3) is 5.91 Å². The maximum Gasteiger partial charge on any atom is 0.414 e. The first-order valence-corrected chi connectivity index (χ1v) is 11.4. The average molecular weight is 497 g/mol. The van der Waals surface area contributed by atoms with Crippen LogP contribution in [-0.4, -0.2) is 94.3 Å². The third-order valence-corrected chi connectivity index (χ3v) is 6.19. The molecule has 12 nitrogen and oxygen atoms in total. The van der Waals surface area contributed by atoms with E-state index in [9.17, 15) is 23.9 Å². The molecule has 0 saturated carbocycles. The Morgan fingerprint density at radius 1 is 1.22 bits per heavy atom. The molecule has 13 heteroatoms. The molecule has 2 N–H and O–H groups in total. The van der Waals surface area contributed by atoms with Crippen LogP contribution in [0.5, 0.6) is 0 Å². The number of carbonyl (C=O) groups excluding carboxylic acids is 3. The summed E-state index contributed by atoms with van der Waals surface area (Å²) in [6, 6.07) is 4.48. The number of piperazine rings is 1. The van der Waals surface area contributed by atoms with Gasteiger partial charge in [0.05, 0.1) is 37.3 Å². The molecule has 2 aliphatic heterocycles. The Bertz CT molecular complexity index is 1270. The van der Waals surface area contributed by atoms with E-state index in [1.165, 1.54) is 17.2 Å². The number of carbonyl (C=O) groups is 3. The van der Waals surface area contributed by atoms with Crippen LogP contribution in [0.2, 0.25) is 0 Å². The van der Waals surface area contributed by atoms with E-state index in [0.29, 0.717) is 43.2 Å². The van der Waals surface area contributed by atoms with Crippen molar-refractivity contribution < 1.29 is 28.6 Å². The molecule has 36 heavy (non-hydrogen) atoms. The van der Waals surface area contributed by atoms with Crippen molar-refractivity contribution in [3.63, 3.8) is 0 Å². The molecule has 4 heterocycles. The van der Waals surface area contributed by atoms with Gasteiger partial charge in [-0.25, -0.2) is 14.2 Å². The van der Waals surface area contributed by atoms with Gasteiger partial charge < -0.3 is 29.4 Å². The maximum atomic E-state index is 14.9. The van der Waals surface area contributed by atoms with Crippen LogP contribution in [0, 0.1) is 5.82 Å². The molecule has 0 spiro atoms. The van der Waals surface area contributed by atoms with Crippen molar-refractivity contribution in [1.29, 1.82) is 0 Å². The number of rotatable bonds is 6. The highest BCUT2D eigenvalue weighted by molar-refractivity contribution is 5.95. The van der Waals surface area contributed by atoms with Crippen molar-refractivity contribution in [2.24, 2.45) is 0 Å². The van der Waals surface area contributed by atoms with E-state index in [2.05, 4.69) is 15.3 Å². The second kappa shape index (κ2) is 9.77. The Labute approximate surface area is 204 Å². The molecule has 3 amide bonds. The van der Waals surface area contributed by atoms with Gasteiger partial charge in [-0.2, -0.15) is 0 Å². The molecule has 0 radical (unpaired) electrons. The van der Waals surface area contributed by atoms with Gasteiger partial charge in [-0.15, -0.1) is 0 Å². The summed E-state index contributed by atoms with van der Waals surface area (Å²) in [4.78, 5) is 49.8. The van der Waals surface area contributed by atoms with Crippen molar-refractivity contribution >= 4 is 34.9 Å². The molecule has 3 aromatic rings. The molecular formula is C23H24FN7O5. The number of hydrogen-bond acceptors (Lipinski definition) is 8. The van der Waals surface area contributed by atoms with Crippen LogP contribution in [0.25, 0.3) is 5.65 Å². The predicted octanol–water partition coefficient (Wildman–Crippen LogP) is 0.265. The number of cyclic esters (lactones) is 1. The van der Waals surface area contributed by atoms with E-state index in [1.54, 1.807) is 40.0 Å². The Morgan fingerprint density at radius 3 is 2.72 bits per heavy atom. The summed E-state index contributed by atoms with van der Waals surface area (Å²) in [5, 5.41) is 11.8. The lowest BCUT2D eigenvalue weighted by Gasteiger charge is -2.36. The molecule has 2 saturated heterocycles. The van der Waals surface area contributed by atoms with Crippen molar-refractivity contribution in [1.82, 2.24) is 24.6 Å². The maximum absolute atomic E-state index is 14.9. The van der Waals surface area contributed by atoms with Gasteiger partial charge in [-0.3, -0.25) is 19.5 Å². The minimum Gasteiger partial charge on any atom is -0.441 e. The topological polar surface area (TPSA) is 133 Å². The Hall–Kier alpha value is -4.26. The number of aliphatic hydroxyl groups is 1. The number of nitrogens with zero attached hydrogens (tertiary/aromatic N) is 6. The number of ether oxygens (including phenoxy) is 1. The van der Waals surface area contributed by atoms with E-state index >= 15 is 0 Å². The minimum atomic E-state index is -0.632. The van der Waals surface area contributed by atoms with Crippen molar-refractivity contribution in [3.8, 4) is 0 Å². The van der Waals surface area contributed by atoms with Crippen LogP contribution >= 0.6 is 0 Å². The number of imidazole rings is 1. The van der Waals surface area contributed by atoms with E-state index in [1.807, 2.05) is 4.90 Å². The third kappa shape index (κ3) is 4.64. The Kier molecular flexibility index (Phi) is 6.38. The highest BCUT2D eigenvalue weighted by atomic mass is 19.1. The first-order chi connectivity index (χ1) is 17.4.